The van der Waals surface area contributed by atoms with Gasteiger partial charge >= 0.3 is 0 Å². The molecule has 2 unspecified atom stereocenters. The first-order valence-electron chi connectivity index (χ1n) is 8.15. The van der Waals surface area contributed by atoms with Crippen LogP contribution in [-0.2, 0) is 13.0 Å². The van der Waals surface area contributed by atoms with E-state index in [4.69, 9.17) is 0 Å². The molecule has 1 aliphatic heterocycles. The Morgan fingerprint density at radius 1 is 1.17 bits per heavy atom. The van der Waals surface area contributed by atoms with Gasteiger partial charge < -0.3 is 15.3 Å². The number of benzene rings is 2. The van der Waals surface area contributed by atoms with Gasteiger partial charge in [-0.15, -0.1) is 0 Å². The van der Waals surface area contributed by atoms with Crippen LogP contribution in [0.2, 0.25) is 0 Å². The average molecular weight is 332 g/mol. The van der Waals surface area contributed by atoms with E-state index in [1.165, 1.54) is 17.3 Å². The van der Waals surface area contributed by atoms with Crippen molar-refractivity contribution in [1.82, 2.24) is 5.32 Å². The Kier molecular flexibility index (Phi) is 4.83. The molecule has 3 rings (SSSR count). The quantitative estimate of drug-likeness (QED) is 0.883. The smallest absolute Gasteiger partial charge is 0.159 e. The molecule has 3 nitrogen and oxygen atoms in total. The van der Waals surface area contributed by atoms with Gasteiger partial charge in [-0.2, -0.15) is 0 Å². The third kappa shape index (κ3) is 3.42. The summed E-state index contributed by atoms with van der Waals surface area (Å²) in [4.78, 5) is 2.24. The second-order valence-electron chi connectivity index (χ2n) is 6.42. The Balaban J connectivity index is 1.62. The van der Waals surface area contributed by atoms with E-state index >= 15 is 0 Å². The van der Waals surface area contributed by atoms with Gasteiger partial charge in [0.2, 0.25) is 0 Å². The molecule has 1 heterocycles. The first kappa shape index (κ1) is 16.9. The normalized spacial score (nSPS) is 16.1. The number of rotatable bonds is 5. The van der Waals surface area contributed by atoms with Crippen LogP contribution in [0.3, 0.4) is 0 Å². The highest BCUT2D eigenvalue weighted by atomic mass is 19.2. The Morgan fingerprint density at radius 2 is 1.96 bits per heavy atom. The number of nitrogens with one attached hydrogen (secondary N) is 1. The summed E-state index contributed by atoms with van der Waals surface area (Å²) in [5.74, 6) is -1.85. The van der Waals surface area contributed by atoms with Crippen LogP contribution in [0.25, 0.3) is 0 Å². The molecule has 1 aliphatic rings. The van der Waals surface area contributed by atoms with E-state index in [2.05, 4.69) is 35.5 Å². The van der Waals surface area contributed by atoms with Gasteiger partial charge in [-0.3, -0.25) is 0 Å². The fourth-order valence-corrected chi connectivity index (χ4v) is 3.11. The molecule has 0 aromatic heterocycles. The van der Waals surface area contributed by atoms with E-state index in [0.29, 0.717) is 12.1 Å². The summed E-state index contributed by atoms with van der Waals surface area (Å²) >= 11 is 0. The molecule has 0 bridgehead atoms. The van der Waals surface area contributed by atoms with E-state index in [9.17, 15) is 13.9 Å². The summed E-state index contributed by atoms with van der Waals surface area (Å²) in [5, 5.41) is 13.6. The van der Waals surface area contributed by atoms with E-state index in [0.717, 1.165) is 30.7 Å². The largest absolute Gasteiger partial charge is 0.387 e. The lowest BCUT2D eigenvalue weighted by atomic mass is 10.0. The first-order valence-corrected chi connectivity index (χ1v) is 8.15. The highest BCUT2D eigenvalue weighted by Gasteiger charge is 2.19. The maximum absolute atomic E-state index is 13.3. The van der Waals surface area contributed by atoms with Gasteiger partial charge in [-0.05, 0) is 48.2 Å². The monoisotopic (exact) mass is 332 g/mol. The number of halogens is 2. The summed E-state index contributed by atoms with van der Waals surface area (Å²) in [6.07, 6.45) is 0.146. The zero-order valence-corrected chi connectivity index (χ0v) is 13.9. The number of fused-ring (bicyclic) bond motifs is 1. The molecule has 2 atom stereocenters. The predicted octanol–water partition coefficient (Wildman–Crippen LogP) is 3.17. The zero-order chi connectivity index (χ0) is 17.3. The summed E-state index contributed by atoms with van der Waals surface area (Å²) in [6.45, 7) is 3.48. The number of likely N-dealkylation sites (N-methyl/N-ethyl adjacent to an activating group) is 1. The molecular formula is C19H22F2N2O. The molecule has 2 aromatic carbocycles. The second-order valence-corrected chi connectivity index (χ2v) is 6.42. The Bertz CT molecular complexity index is 735. The predicted molar refractivity (Wildman–Crippen MR) is 91.0 cm³/mol. The van der Waals surface area contributed by atoms with Gasteiger partial charge in [-0.1, -0.05) is 18.2 Å². The Morgan fingerprint density at radius 3 is 2.71 bits per heavy atom. The second kappa shape index (κ2) is 6.87. The van der Waals surface area contributed by atoms with Crippen molar-refractivity contribution < 1.29 is 13.9 Å². The van der Waals surface area contributed by atoms with Crippen LogP contribution >= 0.6 is 0 Å². The average Bonchev–Trinajstić information content (AvgIpc) is 2.95. The maximum atomic E-state index is 13.3. The van der Waals surface area contributed by atoms with Gasteiger partial charge in [0.05, 0.1) is 6.10 Å². The lowest BCUT2D eigenvalue weighted by Gasteiger charge is -2.21. The number of aliphatic hydroxyl groups excluding tert-OH is 1. The van der Waals surface area contributed by atoms with Crippen LogP contribution in [0.4, 0.5) is 14.5 Å². The van der Waals surface area contributed by atoms with Crippen molar-refractivity contribution in [2.75, 3.05) is 18.5 Å². The molecule has 0 fully saturated rings. The third-order valence-electron chi connectivity index (χ3n) is 4.66. The minimum absolute atomic E-state index is 0.286. The van der Waals surface area contributed by atoms with Crippen molar-refractivity contribution in [1.29, 1.82) is 0 Å². The molecule has 2 aromatic rings. The number of anilines is 1. The number of hydrogen-bond donors (Lipinski definition) is 2. The van der Waals surface area contributed by atoms with Crippen LogP contribution in [0, 0.1) is 11.6 Å². The Labute approximate surface area is 140 Å². The van der Waals surface area contributed by atoms with Crippen molar-refractivity contribution in [2.24, 2.45) is 0 Å². The van der Waals surface area contributed by atoms with Crippen molar-refractivity contribution in [3.63, 3.8) is 0 Å². The Hall–Kier alpha value is -1.98. The molecule has 0 saturated carbocycles. The van der Waals surface area contributed by atoms with Crippen molar-refractivity contribution in [3.05, 3.63) is 64.7 Å². The molecule has 2 N–H and O–H groups in total. The summed E-state index contributed by atoms with van der Waals surface area (Å²) < 4.78 is 26.3. The number of aliphatic hydroxyl groups is 1. The van der Waals surface area contributed by atoms with Crippen molar-refractivity contribution in [2.45, 2.75) is 32.0 Å². The van der Waals surface area contributed by atoms with E-state index in [-0.39, 0.29) is 6.04 Å². The fourth-order valence-electron chi connectivity index (χ4n) is 3.11. The van der Waals surface area contributed by atoms with Gasteiger partial charge in [-0.25, -0.2) is 8.78 Å². The van der Waals surface area contributed by atoms with Crippen LogP contribution in [0.5, 0.6) is 0 Å². The van der Waals surface area contributed by atoms with Crippen LogP contribution in [0.15, 0.2) is 36.4 Å². The lowest BCUT2D eigenvalue weighted by Crippen LogP contribution is -2.31. The topological polar surface area (TPSA) is 35.5 Å². The lowest BCUT2D eigenvalue weighted by molar-refractivity contribution is 0.135. The van der Waals surface area contributed by atoms with Crippen LogP contribution in [-0.4, -0.2) is 24.7 Å². The minimum atomic E-state index is -0.943. The number of hydrogen-bond acceptors (Lipinski definition) is 3. The van der Waals surface area contributed by atoms with Gasteiger partial charge in [0, 0.05) is 31.9 Å². The zero-order valence-electron chi connectivity index (χ0n) is 13.9. The van der Waals surface area contributed by atoms with Crippen LogP contribution < -0.4 is 10.2 Å². The SMILES string of the molecule is CC(NCc1ccc2c(c1)CCN2C)C(O)c1ccc(F)c(F)c1. The molecule has 0 amide bonds. The standard InChI is InChI=1S/C19H22F2N2O/c1-12(19(24)15-4-5-16(20)17(21)10-15)22-11-13-3-6-18-14(9-13)7-8-23(18)2/h3-6,9-10,12,19,22,24H,7-8,11H2,1-2H3. The molecule has 0 spiro atoms. The third-order valence-corrected chi connectivity index (χ3v) is 4.66. The van der Waals surface area contributed by atoms with Gasteiger partial charge in [0.25, 0.3) is 0 Å². The summed E-state index contributed by atoms with van der Waals surface area (Å²) in [7, 11) is 2.09. The molecule has 0 radical (unpaired) electrons. The molecule has 128 valence electrons. The van der Waals surface area contributed by atoms with Crippen LogP contribution in [0.1, 0.15) is 29.7 Å². The maximum Gasteiger partial charge on any atom is 0.159 e. The van der Waals surface area contributed by atoms with Gasteiger partial charge in [0.15, 0.2) is 11.6 Å². The first-order chi connectivity index (χ1) is 11.5. The molecule has 0 saturated heterocycles. The van der Waals surface area contributed by atoms with E-state index in [1.807, 2.05) is 6.92 Å². The highest BCUT2D eigenvalue weighted by Crippen LogP contribution is 2.27. The molecule has 5 heteroatoms. The fraction of sp³-hybridized carbons (Fsp3) is 0.368. The van der Waals surface area contributed by atoms with Crippen molar-refractivity contribution in [3.8, 4) is 0 Å². The molecule has 24 heavy (non-hydrogen) atoms. The van der Waals surface area contributed by atoms with Gasteiger partial charge in [0.1, 0.15) is 0 Å². The van der Waals surface area contributed by atoms with Crippen molar-refractivity contribution >= 4 is 5.69 Å². The highest BCUT2D eigenvalue weighted by molar-refractivity contribution is 5.58. The summed E-state index contributed by atoms with van der Waals surface area (Å²) in [6, 6.07) is 9.58. The van der Waals surface area contributed by atoms with E-state index in [1.54, 1.807) is 0 Å². The summed E-state index contributed by atoms with van der Waals surface area (Å²) in [5.41, 5.74) is 4.12. The molecular weight excluding hydrogens is 310 g/mol. The minimum Gasteiger partial charge on any atom is -0.387 e. The number of nitrogens with zero attached hydrogens (tertiary/aromatic N) is 1. The molecule has 0 aliphatic carbocycles. The van der Waals surface area contributed by atoms with E-state index < -0.39 is 17.7 Å².